The summed E-state index contributed by atoms with van der Waals surface area (Å²) >= 11 is 0. The van der Waals surface area contributed by atoms with E-state index in [1.807, 2.05) is 13.8 Å². The topological polar surface area (TPSA) is 42.0 Å². The van der Waals surface area contributed by atoms with Crippen molar-refractivity contribution in [2.45, 2.75) is 52.4 Å². The molecular formula is C15H20F2N2O. The molecule has 0 spiro atoms. The number of amides is 1. The van der Waals surface area contributed by atoms with Gasteiger partial charge in [0.05, 0.1) is 11.9 Å². The van der Waals surface area contributed by atoms with Crippen molar-refractivity contribution < 1.29 is 13.6 Å². The van der Waals surface area contributed by atoms with E-state index in [4.69, 9.17) is 0 Å². The Kier molecular flexibility index (Phi) is 4.35. The van der Waals surface area contributed by atoms with Crippen LogP contribution in [0.15, 0.2) is 12.3 Å². The van der Waals surface area contributed by atoms with Crippen molar-refractivity contribution in [2.75, 3.05) is 5.32 Å². The summed E-state index contributed by atoms with van der Waals surface area (Å²) in [5.41, 5.74) is 0.752. The molecule has 2 rings (SSSR count). The zero-order valence-corrected chi connectivity index (χ0v) is 11.9. The Morgan fingerprint density at radius 1 is 1.30 bits per heavy atom. The van der Waals surface area contributed by atoms with Crippen LogP contribution in [0.2, 0.25) is 0 Å². The fourth-order valence-electron chi connectivity index (χ4n) is 2.69. The number of hydrogen-bond donors (Lipinski definition) is 1. The van der Waals surface area contributed by atoms with Gasteiger partial charge in [0.25, 0.3) is 6.43 Å². The molecule has 20 heavy (non-hydrogen) atoms. The molecule has 0 radical (unpaired) electrons. The third-order valence-electron chi connectivity index (χ3n) is 4.21. The maximum absolute atomic E-state index is 13.4. The summed E-state index contributed by atoms with van der Waals surface area (Å²) in [4.78, 5) is 16.5. The van der Waals surface area contributed by atoms with E-state index in [2.05, 4.69) is 10.3 Å². The van der Waals surface area contributed by atoms with E-state index < -0.39 is 17.7 Å². The summed E-state index contributed by atoms with van der Waals surface area (Å²) in [7, 11) is 0. The zero-order chi connectivity index (χ0) is 14.8. The largest absolute Gasteiger partial charge is 0.324 e. The smallest absolute Gasteiger partial charge is 0.252 e. The average molecular weight is 282 g/mol. The number of alkyl halides is 2. The molecule has 1 N–H and O–H groups in total. The predicted molar refractivity (Wildman–Crippen MR) is 73.9 cm³/mol. The zero-order valence-electron chi connectivity index (χ0n) is 11.9. The highest BCUT2D eigenvalue weighted by Gasteiger charge is 2.47. The summed E-state index contributed by atoms with van der Waals surface area (Å²) in [6.07, 6.45) is 1.70. The van der Waals surface area contributed by atoms with Gasteiger partial charge in [0.1, 0.15) is 5.41 Å². The second kappa shape index (κ2) is 5.85. The normalized spacial score (nSPS) is 18.1. The average Bonchev–Trinajstić information content (AvgIpc) is 2.43. The number of pyridine rings is 1. The van der Waals surface area contributed by atoms with Crippen LogP contribution in [0.5, 0.6) is 0 Å². The van der Waals surface area contributed by atoms with E-state index in [1.54, 1.807) is 6.07 Å². The van der Waals surface area contributed by atoms with Crippen molar-refractivity contribution in [2.24, 2.45) is 5.41 Å². The van der Waals surface area contributed by atoms with Gasteiger partial charge in [-0.1, -0.05) is 19.3 Å². The van der Waals surface area contributed by atoms with Gasteiger partial charge in [-0.2, -0.15) is 0 Å². The van der Waals surface area contributed by atoms with Gasteiger partial charge in [0, 0.05) is 5.69 Å². The van der Waals surface area contributed by atoms with Gasteiger partial charge in [-0.05, 0) is 38.3 Å². The monoisotopic (exact) mass is 282 g/mol. The van der Waals surface area contributed by atoms with Crippen LogP contribution in [0.4, 0.5) is 14.5 Å². The maximum atomic E-state index is 13.4. The van der Waals surface area contributed by atoms with Crippen LogP contribution >= 0.6 is 0 Å². The number of rotatable bonds is 3. The Balaban J connectivity index is 2.18. The fraction of sp³-hybridized carbons (Fsp3) is 0.600. The standard InChI is InChI=1S/C15H20F2N2O/c1-10-8-12(9-18-11(10)2)19-14(20)15(13(16)17)6-4-3-5-7-15/h8-9,13H,3-7H2,1-2H3,(H,19,20). The number of aromatic nitrogens is 1. The van der Waals surface area contributed by atoms with E-state index in [-0.39, 0.29) is 12.8 Å². The molecule has 0 atom stereocenters. The maximum Gasteiger partial charge on any atom is 0.252 e. The number of halogens is 2. The van der Waals surface area contributed by atoms with Gasteiger partial charge in [0.2, 0.25) is 5.91 Å². The molecule has 0 aliphatic heterocycles. The first-order valence-corrected chi connectivity index (χ1v) is 6.98. The predicted octanol–water partition coefficient (Wildman–Crippen LogP) is 3.85. The molecule has 1 heterocycles. The highest BCUT2D eigenvalue weighted by Crippen LogP contribution is 2.42. The van der Waals surface area contributed by atoms with Gasteiger partial charge in [0.15, 0.2) is 0 Å². The van der Waals surface area contributed by atoms with Crippen molar-refractivity contribution in [1.82, 2.24) is 4.98 Å². The van der Waals surface area contributed by atoms with Crippen molar-refractivity contribution >= 4 is 11.6 Å². The lowest BCUT2D eigenvalue weighted by Gasteiger charge is -2.34. The van der Waals surface area contributed by atoms with Gasteiger partial charge >= 0.3 is 0 Å². The molecule has 0 unspecified atom stereocenters. The summed E-state index contributed by atoms with van der Waals surface area (Å²) in [5.74, 6) is -0.572. The summed E-state index contributed by atoms with van der Waals surface area (Å²) in [5, 5.41) is 2.62. The molecular weight excluding hydrogens is 262 g/mol. The number of nitrogens with zero attached hydrogens (tertiary/aromatic N) is 1. The van der Waals surface area contributed by atoms with Gasteiger partial charge in [-0.15, -0.1) is 0 Å². The lowest BCUT2D eigenvalue weighted by molar-refractivity contribution is -0.138. The summed E-state index contributed by atoms with van der Waals surface area (Å²) < 4.78 is 26.8. The van der Waals surface area contributed by atoms with E-state index in [1.165, 1.54) is 6.20 Å². The van der Waals surface area contributed by atoms with Crippen LogP contribution < -0.4 is 5.32 Å². The molecule has 110 valence electrons. The first kappa shape index (κ1) is 14.9. The number of carbonyl (C=O) groups excluding carboxylic acids is 1. The molecule has 1 aliphatic carbocycles. The molecule has 0 saturated heterocycles. The van der Waals surface area contributed by atoms with E-state index in [9.17, 15) is 13.6 Å². The summed E-state index contributed by atoms with van der Waals surface area (Å²) in [6.45, 7) is 3.74. The van der Waals surface area contributed by atoms with E-state index in [0.717, 1.165) is 17.7 Å². The van der Waals surface area contributed by atoms with Crippen LogP contribution in [0, 0.1) is 19.3 Å². The van der Waals surface area contributed by atoms with Crippen LogP contribution in [0.3, 0.4) is 0 Å². The number of aryl methyl sites for hydroxylation is 2. The van der Waals surface area contributed by atoms with E-state index in [0.29, 0.717) is 18.5 Å². The molecule has 1 aliphatic rings. The first-order chi connectivity index (χ1) is 9.45. The van der Waals surface area contributed by atoms with E-state index >= 15 is 0 Å². The van der Waals surface area contributed by atoms with Gasteiger partial charge in [-0.3, -0.25) is 9.78 Å². The Bertz CT molecular complexity index is 497. The minimum absolute atomic E-state index is 0.259. The SMILES string of the molecule is Cc1cc(NC(=O)C2(C(F)F)CCCCC2)cnc1C. The number of nitrogens with one attached hydrogen (secondary N) is 1. The molecule has 0 aromatic carbocycles. The van der Waals surface area contributed by atoms with Gasteiger partial charge < -0.3 is 5.32 Å². The second-order valence-corrected chi connectivity index (χ2v) is 5.60. The lowest BCUT2D eigenvalue weighted by Crippen LogP contribution is -2.43. The Labute approximate surface area is 117 Å². The van der Waals surface area contributed by atoms with Crippen molar-refractivity contribution in [1.29, 1.82) is 0 Å². The third kappa shape index (κ3) is 2.81. The Morgan fingerprint density at radius 3 is 2.50 bits per heavy atom. The number of anilines is 1. The molecule has 3 nitrogen and oxygen atoms in total. The quantitative estimate of drug-likeness (QED) is 0.915. The minimum atomic E-state index is -2.62. The molecule has 1 amide bonds. The highest BCUT2D eigenvalue weighted by molar-refractivity contribution is 5.95. The van der Waals surface area contributed by atoms with Crippen molar-refractivity contribution in [3.05, 3.63) is 23.5 Å². The highest BCUT2D eigenvalue weighted by atomic mass is 19.3. The molecule has 1 aromatic heterocycles. The minimum Gasteiger partial charge on any atom is -0.324 e. The van der Waals surface area contributed by atoms with Crippen molar-refractivity contribution in [3.8, 4) is 0 Å². The second-order valence-electron chi connectivity index (χ2n) is 5.60. The molecule has 5 heteroatoms. The van der Waals surface area contributed by atoms with Gasteiger partial charge in [-0.25, -0.2) is 8.78 Å². The van der Waals surface area contributed by atoms with Crippen LogP contribution in [-0.4, -0.2) is 17.3 Å². The molecule has 0 bridgehead atoms. The Morgan fingerprint density at radius 2 is 1.95 bits per heavy atom. The number of carbonyl (C=O) groups is 1. The van der Waals surface area contributed by atoms with Crippen molar-refractivity contribution in [3.63, 3.8) is 0 Å². The van der Waals surface area contributed by atoms with Crippen LogP contribution in [0.25, 0.3) is 0 Å². The molecule has 1 saturated carbocycles. The Hall–Kier alpha value is -1.52. The molecule has 1 aromatic rings. The molecule has 1 fully saturated rings. The third-order valence-corrected chi connectivity index (χ3v) is 4.21. The fourth-order valence-corrected chi connectivity index (χ4v) is 2.69. The first-order valence-electron chi connectivity index (χ1n) is 6.98. The number of hydrogen-bond acceptors (Lipinski definition) is 2. The summed E-state index contributed by atoms with van der Waals surface area (Å²) in [6, 6.07) is 1.77. The van der Waals surface area contributed by atoms with Crippen LogP contribution in [-0.2, 0) is 4.79 Å². The lowest BCUT2D eigenvalue weighted by atomic mass is 9.73. The van der Waals surface area contributed by atoms with Crippen LogP contribution in [0.1, 0.15) is 43.4 Å².